The van der Waals surface area contributed by atoms with Crippen molar-refractivity contribution in [1.82, 2.24) is 25.5 Å². The van der Waals surface area contributed by atoms with Gasteiger partial charge in [0.2, 0.25) is 11.1 Å². The molecule has 0 saturated heterocycles. The van der Waals surface area contributed by atoms with Crippen molar-refractivity contribution in [2.75, 3.05) is 0 Å². The lowest BCUT2D eigenvalue weighted by molar-refractivity contribution is -0.120. The molecule has 1 atom stereocenters. The summed E-state index contributed by atoms with van der Waals surface area (Å²) >= 11 is 1.38. The van der Waals surface area contributed by atoms with E-state index in [9.17, 15) is 4.79 Å². The molecule has 0 spiro atoms. The number of rotatable bonds is 6. The molecule has 1 N–H and O–H groups in total. The topological polar surface area (TPSA) is 72.7 Å². The zero-order valence-electron chi connectivity index (χ0n) is 15.3. The third-order valence-corrected chi connectivity index (χ3v) is 5.71. The number of benzene rings is 2. The normalized spacial score (nSPS) is 14.7. The second-order valence-electron chi connectivity index (χ2n) is 6.85. The van der Waals surface area contributed by atoms with Gasteiger partial charge in [-0.15, -0.1) is 5.10 Å². The molecule has 3 aromatic rings. The first-order valence-corrected chi connectivity index (χ1v) is 9.88. The molecule has 1 aromatic heterocycles. The molecule has 7 heteroatoms. The number of aromatic nitrogens is 4. The third-order valence-electron chi connectivity index (χ3n) is 4.52. The lowest BCUT2D eigenvalue weighted by Gasteiger charge is -2.17. The molecule has 1 aliphatic rings. The van der Waals surface area contributed by atoms with Gasteiger partial charge in [-0.05, 0) is 59.9 Å². The van der Waals surface area contributed by atoms with Gasteiger partial charge < -0.3 is 5.32 Å². The van der Waals surface area contributed by atoms with Gasteiger partial charge in [-0.2, -0.15) is 4.68 Å². The van der Waals surface area contributed by atoms with Crippen LogP contribution in [0.25, 0.3) is 5.69 Å². The fourth-order valence-electron chi connectivity index (χ4n) is 2.86. The van der Waals surface area contributed by atoms with E-state index in [1.807, 2.05) is 44.2 Å². The molecule has 27 heavy (non-hydrogen) atoms. The van der Waals surface area contributed by atoms with E-state index in [1.54, 1.807) is 4.68 Å². The average molecular weight is 379 g/mol. The van der Waals surface area contributed by atoms with Crippen molar-refractivity contribution in [2.24, 2.45) is 0 Å². The number of carbonyl (C=O) groups excluding carboxylic acids is 1. The van der Waals surface area contributed by atoms with Crippen molar-refractivity contribution >= 4 is 17.7 Å². The Hall–Kier alpha value is -2.67. The number of aryl methyl sites for hydroxylation is 2. The maximum Gasteiger partial charge on any atom is 0.238 e. The summed E-state index contributed by atoms with van der Waals surface area (Å²) in [6, 6.07) is 16.2. The molecule has 0 bridgehead atoms. The summed E-state index contributed by atoms with van der Waals surface area (Å²) in [5, 5.41) is 15.5. The highest BCUT2D eigenvalue weighted by Gasteiger charge is 2.30. The van der Waals surface area contributed by atoms with E-state index >= 15 is 0 Å². The average Bonchev–Trinajstić information content (AvgIpc) is 3.37. The molecule has 1 saturated carbocycles. The molecular formula is C20H21N5OS. The number of nitrogens with zero attached hydrogens (tertiary/aromatic N) is 4. The summed E-state index contributed by atoms with van der Waals surface area (Å²) in [5.41, 5.74) is 4.08. The van der Waals surface area contributed by atoms with Crippen LogP contribution in [0.4, 0.5) is 0 Å². The first-order chi connectivity index (χ1) is 13.1. The number of hydrogen-bond acceptors (Lipinski definition) is 5. The maximum atomic E-state index is 12.9. The lowest BCUT2D eigenvalue weighted by Crippen LogP contribution is -2.30. The van der Waals surface area contributed by atoms with Crippen LogP contribution in [0.3, 0.4) is 0 Å². The monoisotopic (exact) mass is 379 g/mol. The fraction of sp³-hybridized carbons (Fsp3) is 0.300. The van der Waals surface area contributed by atoms with Crippen molar-refractivity contribution in [2.45, 2.75) is 43.1 Å². The van der Waals surface area contributed by atoms with Gasteiger partial charge >= 0.3 is 0 Å². The Labute approximate surface area is 162 Å². The van der Waals surface area contributed by atoms with Gasteiger partial charge in [-0.3, -0.25) is 4.79 Å². The summed E-state index contributed by atoms with van der Waals surface area (Å²) in [6.45, 7) is 4.06. The van der Waals surface area contributed by atoms with Crippen LogP contribution < -0.4 is 5.32 Å². The fourth-order valence-corrected chi connectivity index (χ4v) is 3.86. The van der Waals surface area contributed by atoms with Gasteiger partial charge in [0.25, 0.3) is 0 Å². The molecule has 2 aromatic carbocycles. The second-order valence-corrected chi connectivity index (χ2v) is 7.93. The molecule has 0 aliphatic heterocycles. The highest BCUT2D eigenvalue weighted by atomic mass is 32.2. The standard InChI is InChI=1S/C20H21N5OS/c1-13-8-9-14(2)17(12-13)25-20(22-23-24-25)27-18(15-6-4-3-5-7-15)19(26)21-16-10-11-16/h3-9,12,16,18H,10-11H2,1-2H3,(H,21,26)/t18-/m0/s1. The van der Waals surface area contributed by atoms with Gasteiger partial charge in [0.05, 0.1) is 5.69 Å². The van der Waals surface area contributed by atoms with Crippen LogP contribution in [-0.2, 0) is 4.79 Å². The van der Waals surface area contributed by atoms with Crippen LogP contribution in [0.15, 0.2) is 53.7 Å². The van der Waals surface area contributed by atoms with E-state index in [-0.39, 0.29) is 5.91 Å². The summed E-state index contributed by atoms with van der Waals surface area (Å²) in [7, 11) is 0. The number of tetrazole rings is 1. The molecule has 6 nitrogen and oxygen atoms in total. The van der Waals surface area contributed by atoms with E-state index < -0.39 is 5.25 Å². The molecule has 1 aliphatic carbocycles. The zero-order chi connectivity index (χ0) is 18.8. The van der Waals surface area contributed by atoms with E-state index in [0.29, 0.717) is 11.2 Å². The first-order valence-electron chi connectivity index (χ1n) is 9.00. The molecule has 1 fully saturated rings. The Kier molecular flexibility index (Phi) is 4.94. The number of thioether (sulfide) groups is 1. The van der Waals surface area contributed by atoms with Crippen LogP contribution in [0.5, 0.6) is 0 Å². The molecular weight excluding hydrogens is 358 g/mol. The van der Waals surface area contributed by atoms with Gasteiger partial charge in [0, 0.05) is 6.04 Å². The Morgan fingerprint density at radius 1 is 1.19 bits per heavy atom. The van der Waals surface area contributed by atoms with E-state index in [0.717, 1.165) is 35.2 Å². The predicted molar refractivity (Wildman–Crippen MR) is 105 cm³/mol. The molecule has 1 heterocycles. The van der Waals surface area contributed by atoms with Gasteiger partial charge in [0.1, 0.15) is 5.25 Å². The summed E-state index contributed by atoms with van der Waals surface area (Å²) in [5.74, 6) is 0.00390. The predicted octanol–water partition coefficient (Wildman–Crippen LogP) is 3.39. The lowest BCUT2D eigenvalue weighted by atomic mass is 10.1. The minimum atomic E-state index is -0.401. The number of hydrogen-bond donors (Lipinski definition) is 1. The smallest absolute Gasteiger partial charge is 0.238 e. The second kappa shape index (κ2) is 7.52. The van der Waals surface area contributed by atoms with Gasteiger partial charge in [-0.25, -0.2) is 0 Å². The van der Waals surface area contributed by atoms with E-state index in [2.05, 4.69) is 39.0 Å². The quantitative estimate of drug-likeness (QED) is 0.665. The van der Waals surface area contributed by atoms with Crippen molar-refractivity contribution in [3.05, 3.63) is 65.2 Å². The van der Waals surface area contributed by atoms with E-state index in [4.69, 9.17) is 0 Å². The highest BCUT2D eigenvalue weighted by Crippen LogP contribution is 2.36. The Balaban J connectivity index is 1.67. The van der Waals surface area contributed by atoms with Crippen LogP contribution in [-0.4, -0.2) is 32.2 Å². The van der Waals surface area contributed by atoms with Crippen LogP contribution >= 0.6 is 11.8 Å². The SMILES string of the molecule is Cc1ccc(C)c(-n2nnnc2S[C@H](C(=O)NC2CC2)c2ccccc2)c1. The summed E-state index contributed by atoms with van der Waals surface area (Å²) < 4.78 is 1.72. The van der Waals surface area contributed by atoms with Gasteiger partial charge in [0.15, 0.2) is 0 Å². The summed E-state index contributed by atoms with van der Waals surface area (Å²) in [6.07, 6.45) is 2.11. The van der Waals surface area contributed by atoms with Crippen LogP contribution in [0.2, 0.25) is 0 Å². The largest absolute Gasteiger partial charge is 0.352 e. The third kappa shape index (κ3) is 4.03. The number of nitrogens with one attached hydrogen (secondary N) is 1. The van der Waals surface area contributed by atoms with Crippen LogP contribution in [0.1, 0.15) is 34.8 Å². The van der Waals surface area contributed by atoms with Crippen molar-refractivity contribution in [1.29, 1.82) is 0 Å². The molecule has 0 unspecified atom stereocenters. The van der Waals surface area contributed by atoms with Gasteiger partial charge in [-0.1, -0.05) is 54.2 Å². The van der Waals surface area contributed by atoms with E-state index in [1.165, 1.54) is 11.8 Å². The zero-order valence-corrected chi connectivity index (χ0v) is 16.1. The minimum Gasteiger partial charge on any atom is -0.352 e. The van der Waals surface area contributed by atoms with Crippen molar-refractivity contribution in [3.63, 3.8) is 0 Å². The highest BCUT2D eigenvalue weighted by molar-refractivity contribution is 8.00. The molecule has 0 radical (unpaired) electrons. The number of carbonyl (C=O) groups is 1. The van der Waals surface area contributed by atoms with Crippen LogP contribution in [0, 0.1) is 13.8 Å². The molecule has 4 rings (SSSR count). The Morgan fingerprint density at radius 2 is 1.96 bits per heavy atom. The van der Waals surface area contributed by atoms with Crippen molar-refractivity contribution < 1.29 is 4.79 Å². The van der Waals surface area contributed by atoms with Crippen molar-refractivity contribution in [3.8, 4) is 5.69 Å². The number of amides is 1. The first kappa shape index (κ1) is 17.7. The minimum absolute atomic E-state index is 0.00390. The molecule has 1 amide bonds. The maximum absolute atomic E-state index is 12.9. The summed E-state index contributed by atoms with van der Waals surface area (Å²) in [4.78, 5) is 12.9. The Morgan fingerprint density at radius 3 is 2.70 bits per heavy atom. The molecule has 138 valence electrons. The Bertz CT molecular complexity index is 952.